The van der Waals surface area contributed by atoms with Crippen molar-refractivity contribution in [3.63, 3.8) is 0 Å². The van der Waals surface area contributed by atoms with E-state index in [-0.39, 0.29) is 30.6 Å². The number of rotatable bonds is 8. The van der Waals surface area contributed by atoms with Crippen molar-refractivity contribution < 1.29 is 14.0 Å². The second kappa shape index (κ2) is 9.88. The van der Waals surface area contributed by atoms with Crippen LogP contribution in [0.5, 0.6) is 0 Å². The van der Waals surface area contributed by atoms with Crippen molar-refractivity contribution in [1.82, 2.24) is 10.2 Å². The predicted molar refractivity (Wildman–Crippen MR) is 105 cm³/mol. The number of hydrogen-bond acceptors (Lipinski definition) is 2. The molecule has 2 aromatic carbocycles. The summed E-state index contributed by atoms with van der Waals surface area (Å²) in [5.74, 6) is -0.834. The van der Waals surface area contributed by atoms with Crippen LogP contribution >= 0.6 is 11.6 Å². The van der Waals surface area contributed by atoms with Crippen molar-refractivity contribution in [2.24, 2.45) is 0 Å². The lowest BCUT2D eigenvalue weighted by Gasteiger charge is -2.29. The third kappa shape index (κ3) is 6.22. The number of carbonyl (C=O) groups is 2. The molecule has 0 saturated carbocycles. The lowest BCUT2D eigenvalue weighted by atomic mass is 10.1. The second-order valence-corrected chi connectivity index (χ2v) is 6.60. The Bertz CT molecular complexity index is 791. The summed E-state index contributed by atoms with van der Waals surface area (Å²) >= 11 is 5.88. The van der Waals surface area contributed by atoms with Gasteiger partial charge in [0.2, 0.25) is 11.8 Å². The Morgan fingerprint density at radius 2 is 1.74 bits per heavy atom. The van der Waals surface area contributed by atoms with Crippen LogP contribution < -0.4 is 5.32 Å². The third-order valence-electron chi connectivity index (χ3n) is 4.12. The molecule has 0 bridgehead atoms. The molecule has 0 saturated heterocycles. The highest BCUT2D eigenvalue weighted by Crippen LogP contribution is 2.15. The minimum atomic E-state index is -0.685. The zero-order chi connectivity index (χ0) is 19.8. The molecule has 142 valence electrons. The molecular weight excluding hydrogens is 367 g/mol. The quantitative estimate of drug-likeness (QED) is 0.700. The molecule has 4 nitrogen and oxygen atoms in total. The van der Waals surface area contributed by atoms with Gasteiger partial charge >= 0.3 is 0 Å². The van der Waals surface area contributed by atoms with Crippen molar-refractivity contribution in [2.75, 3.05) is 6.54 Å². The maximum Gasteiger partial charge on any atom is 0.242 e. The largest absolute Gasteiger partial charge is 0.351 e. The van der Waals surface area contributed by atoms with Crippen LogP contribution in [0, 0.1) is 5.82 Å². The standard InChI is InChI=1S/C21H22ClFN2O2/c1-3-12-24-21(27)15(2)25(14-17-6-10-19(23)11-7-17)20(26)13-16-4-8-18(22)9-5-16/h3-11,15H,1,12-14H2,2H3,(H,24,27). The SMILES string of the molecule is C=CCNC(=O)C(C)N(Cc1ccc(F)cc1)C(=O)Cc1ccc(Cl)cc1. The molecule has 1 unspecified atom stereocenters. The van der Waals surface area contributed by atoms with Crippen LogP contribution in [0.1, 0.15) is 18.1 Å². The van der Waals surface area contributed by atoms with Crippen molar-refractivity contribution in [3.05, 3.63) is 83.2 Å². The van der Waals surface area contributed by atoms with Gasteiger partial charge in [-0.05, 0) is 42.3 Å². The Hall–Kier alpha value is -2.66. The van der Waals surface area contributed by atoms with Crippen molar-refractivity contribution in [2.45, 2.75) is 25.9 Å². The number of carbonyl (C=O) groups excluding carboxylic acids is 2. The fraction of sp³-hybridized carbons (Fsp3) is 0.238. The minimum absolute atomic E-state index is 0.136. The Kier molecular flexibility index (Phi) is 7.55. The zero-order valence-electron chi connectivity index (χ0n) is 15.1. The van der Waals surface area contributed by atoms with E-state index in [0.717, 1.165) is 11.1 Å². The molecule has 0 heterocycles. The summed E-state index contributed by atoms with van der Waals surface area (Å²) < 4.78 is 13.2. The van der Waals surface area contributed by atoms with Crippen LogP contribution in [-0.2, 0) is 22.6 Å². The number of amides is 2. The van der Waals surface area contributed by atoms with Crippen LogP contribution in [-0.4, -0.2) is 29.3 Å². The number of nitrogens with one attached hydrogen (secondary N) is 1. The lowest BCUT2D eigenvalue weighted by Crippen LogP contribution is -2.48. The van der Waals surface area contributed by atoms with Crippen LogP contribution in [0.3, 0.4) is 0 Å². The van der Waals surface area contributed by atoms with E-state index in [2.05, 4.69) is 11.9 Å². The molecule has 2 aromatic rings. The lowest BCUT2D eigenvalue weighted by molar-refractivity contribution is -0.140. The topological polar surface area (TPSA) is 49.4 Å². The predicted octanol–water partition coefficient (Wildman–Crippen LogP) is 3.74. The maximum absolute atomic E-state index is 13.2. The summed E-state index contributed by atoms with van der Waals surface area (Å²) in [4.78, 5) is 26.8. The maximum atomic E-state index is 13.2. The van der Waals surface area contributed by atoms with Gasteiger partial charge in [0.05, 0.1) is 6.42 Å². The third-order valence-corrected chi connectivity index (χ3v) is 4.37. The molecule has 0 aliphatic rings. The monoisotopic (exact) mass is 388 g/mol. The Morgan fingerprint density at radius 1 is 1.15 bits per heavy atom. The Labute approximate surface area is 163 Å². The van der Waals surface area contributed by atoms with E-state index in [9.17, 15) is 14.0 Å². The molecule has 2 rings (SSSR count). The summed E-state index contributed by atoms with van der Waals surface area (Å²) in [6, 6.07) is 12.2. The highest BCUT2D eigenvalue weighted by atomic mass is 35.5. The van der Waals surface area contributed by atoms with E-state index in [1.165, 1.54) is 17.0 Å². The van der Waals surface area contributed by atoms with E-state index in [1.807, 2.05) is 0 Å². The Morgan fingerprint density at radius 3 is 2.33 bits per heavy atom. The molecule has 0 aliphatic heterocycles. The first-order valence-corrected chi connectivity index (χ1v) is 8.95. The van der Waals surface area contributed by atoms with Gasteiger partial charge < -0.3 is 10.2 Å². The Balaban J connectivity index is 2.19. The van der Waals surface area contributed by atoms with Crippen molar-refractivity contribution in [3.8, 4) is 0 Å². The van der Waals surface area contributed by atoms with Gasteiger partial charge in [-0.2, -0.15) is 0 Å². The second-order valence-electron chi connectivity index (χ2n) is 6.16. The normalized spacial score (nSPS) is 11.5. The van der Waals surface area contributed by atoms with Crippen LogP contribution in [0.4, 0.5) is 4.39 Å². The number of halogens is 2. The smallest absolute Gasteiger partial charge is 0.242 e. The molecule has 0 aromatic heterocycles. The van der Waals surface area contributed by atoms with Gasteiger partial charge in [0.25, 0.3) is 0 Å². The molecule has 0 spiro atoms. The van der Waals surface area contributed by atoms with Gasteiger partial charge in [-0.1, -0.05) is 41.9 Å². The van der Waals surface area contributed by atoms with Gasteiger partial charge in [0.15, 0.2) is 0 Å². The van der Waals surface area contributed by atoms with E-state index >= 15 is 0 Å². The molecule has 1 N–H and O–H groups in total. The molecule has 0 radical (unpaired) electrons. The summed E-state index contributed by atoms with van der Waals surface area (Å²) in [5.41, 5.74) is 1.54. The fourth-order valence-corrected chi connectivity index (χ4v) is 2.69. The van der Waals surface area contributed by atoms with Crippen LogP contribution in [0.15, 0.2) is 61.2 Å². The highest BCUT2D eigenvalue weighted by Gasteiger charge is 2.25. The first-order chi connectivity index (χ1) is 12.9. The van der Waals surface area contributed by atoms with Crippen molar-refractivity contribution in [1.29, 1.82) is 0 Å². The van der Waals surface area contributed by atoms with Crippen molar-refractivity contribution >= 4 is 23.4 Å². The zero-order valence-corrected chi connectivity index (χ0v) is 15.9. The first-order valence-electron chi connectivity index (χ1n) is 8.57. The summed E-state index contributed by atoms with van der Waals surface area (Å²) in [6.07, 6.45) is 1.71. The first kappa shape index (κ1) is 20.6. The molecule has 1 atom stereocenters. The summed E-state index contributed by atoms with van der Waals surface area (Å²) in [7, 11) is 0. The number of nitrogens with zero attached hydrogens (tertiary/aromatic N) is 1. The van der Waals surface area contributed by atoms with E-state index in [4.69, 9.17) is 11.6 Å². The average Bonchev–Trinajstić information content (AvgIpc) is 2.66. The van der Waals surface area contributed by atoms with E-state index < -0.39 is 6.04 Å². The molecular formula is C21H22ClFN2O2. The van der Waals surface area contributed by atoms with E-state index in [1.54, 1.807) is 49.4 Å². The van der Waals surface area contributed by atoms with Gasteiger partial charge in [-0.25, -0.2) is 4.39 Å². The summed E-state index contributed by atoms with van der Waals surface area (Å²) in [6.45, 7) is 5.76. The van der Waals surface area contributed by atoms with Gasteiger partial charge in [-0.15, -0.1) is 6.58 Å². The van der Waals surface area contributed by atoms with Crippen LogP contribution in [0.2, 0.25) is 5.02 Å². The molecule has 27 heavy (non-hydrogen) atoms. The van der Waals surface area contributed by atoms with Gasteiger partial charge in [0, 0.05) is 18.1 Å². The number of hydrogen-bond donors (Lipinski definition) is 1. The molecule has 0 fully saturated rings. The van der Waals surface area contributed by atoms with Gasteiger partial charge in [-0.3, -0.25) is 9.59 Å². The molecule has 2 amide bonds. The van der Waals surface area contributed by atoms with E-state index in [0.29, 0.717) is 11.6 Å². The highest BCUT2D eigenvalue weighted by molar-refractivity contribution is 6.30. The molecule has 6 heteroatoms. The summed E-state index contributed by atoms with van der Waals surface area (Å²) in [5, 5.41) is 3.29. The number of benzene rings is 2. The molecule has 0 aliphatic carbocycles. The van der Waals surface area contributed by atoms with Crippen LogP contribution in [0.25, 0.3) is 0 Å². The van der Waals surface area contributed by atoms with Gasteiger partial charge in [0.1, 0.15) is 11.9 Å². The fourth-order valence-electron chi connectivity index (χ4n) is 2.57. The minimum Gasteiger partial charge on any atom is -0.351 e. The average molecular weight is 389 g/mol.